The number of carbonyl (C=O) groups is 2. The Kier molecular flexibility index (Phi) is 4.12. The minimum atomic E-state index is -0.538. The zero-order valence-electron chi connectivity index (χ0n) is 12.8. The lowest BCUT2D eigenvalue weighted by Crippen LogP contribution is -2.41. The summed E-state index contributed by atoms with van der Waals surface area (Å²) in [5.74, 6) is -0.416. The number of para-hydroxylation sites is 1. The van der Waals surface area contributed by atoms with Gasteiger partial charge < -0.3 is 15.3 Å². The highest BCUT2D eigenvalue weighted by molar-refractivity contribution is 6.04. The molecule has 1 unspecified atom stereocenters. The highest BCUT2D eigenvalue weighted by atomic mass is 16.3. The van der Waals surface area contributed by atoms with Gasteiger partial charge in [0.2, 0.25) is 11.8 Å². The molecule has 2 aromatic rings. The third kappa shape index (κ3) is 3.09. The van der Waals surface area contributed by atoms with Crippen molar-refractivity contribution in [2.45, 2.75) is 12.5 Å². The van der Waals surface area contributed by atoms with Crippen molar-refractivity contribution in [3.8, 4) is 0 Å². The van der Waals surface area contributed by atoms with E-state index in [1.165, 1.54) is 4.90 Å². The molecule has 1 aliphatic rings. The van der Waals surface area contributed by atoms with Crippen LogP contribution in [0, 0.1) is 0 Å². The van der Waals surface area contributed by atoms with Crippen LogP contribution >= 0.6 is 0 Å². The summed E-state index contributed by atoms with van der Waals surface area (Å²) in [5, 5.41) is 16.2. The first-order valence-electron chi connectivity index (χ1n) is 7.35. The molecule has 23 heavy (non-hydrogen) atoms. The van der Waals surface area contributed by atoms with Crippen molar-refractivity contribution in [3.05, 3.63) is 47.8 Å². The number of aryl methyl sites for hydroxylation is 1. The fourth-order valence-corrected chi connectivity index (χ4v) is 2.73. The molecule has 0 saturated carbocycles. The maximum absolute atomic E-state index is 12.3. The summed E-state index contributed by atoms with van der Waals surface area (Å²) in [5.41, 5.74) is 2.42. The standard InChI is InChI=1S/C16H18N4O3/c1-19-8-12(7-17-19)13(10-21)18-15(22)9-20-14-5-3-2-4-11(14)6-16(20)23/h2-5,7-8,13,21H,6,9-10H2,1H3,(H,18,22). The summed E-state index contributed by atoms with van der Waals surface area (Å²) >= 11 is 0. The van der Waals surface area contributed by atoms with Crippen molar-refractivity contribution in [1.82, 2.24) is 15.1 Å². The van der Waals surface area contributed by atoms with Gasteiger partial charge in [0.25, 0.3) is 0 Å². The average Bonchev–Trinajstić information content (AvgIpc) is 3.09. The van der Waals surface area contributed by atoms with Crippen molar-refractivity contribution < 1.29 is 14.7 Å². The van der Waals surface area contributed by atoms with Crippen molar-refractivity contribution in [1.29, 1.82) is 0 Å². The van der Waals surface area contributed by atoms with E-state index >= 15 is 0 Å². The molecule has 120 valence electrons. The van der Waals surface area contributed by atoms with E-state index < -0.39 is 6.04 Å². The maximum atomic E-state index is 12.3. The third-order valence-electron chi connectivity index (χ3n) is 3.87. The fourth-order valence-electron chi connectivity index (χ4n) is 2.73. The molecule has 1 aromatic carbocycles. The highest BCUT2D eigenvalue weighted by Crippen LogP contribution is 2.28. The van der Waals surface area contributed by atoms with Gasteiger partial charge in [0.15, 0.2) is 0 Å². The Hall–Kier alpha value is -2.67. The smallest absolute Gasteiger partial charge is 0.240 e. The van der Waals surface area contributed by atoms with E-state index in [1.54, 1.807) is 24.1 Å². The second kappa shape index (κ2) is 6.21. The summed E-state index contributed by atoms with van der Waals surface area (Å²) < 4.78 is 1.60. The van der Waals surface area contributed by atoms with Crippen molar-refractivity contribution in [3.63, 3.8) is 0 Å². The van der Waals surface area contributed by atoms with Gasteiger partial charge in [0.05, 0.1) is 25.3 Å². The molecule has 7 heteroatoms. The molecule has 2 amide bonds. The molecule has 0 radical (unpaired) electrons. The van der Waals surface area contributed by atoms with Crippen LogP contribution in [0.1, 0.15) is 17.2 Å². The summed E-state index contributed by atoms with van der Waals surface area (Å²) in [7, 11) is 1.76. The minimum absolute atomic E-state index is 0.0629. The SMILES string of the molecule is Cn1cc(C(CO)NC(=O)CN2C(=O)Cc3ccccc32)cn1. The van der Waals surface area contributed by atoms with Crippen molar-refractivity contribution >= 4 is 17.5 Å². The molecule has 2 heterocycles. The topological polar surface area (TPSA) is 87.5 Å². The Morgan fingerprint density at radius 1 is 1.43 bits per heavy atom. The molecular weight excluding hydrogens is 296 g/mol. The number of nitrogens with zero attached hydrogens (tertiary/aromatic N) is 3. The largest absolute Gasteiger partial charge is 0.394 e. The number of hydrogen-bond acceptors (Lipinski definition) is 4. The van der Waals surface area contributed by atoms with Crippen LogP contribution in [0.25, 0.3) is 0 Å². The number of aliphatic hydroxyl groups is 1. The van der Waals surface area contributed by atoms with Crippen molar-refractivity contribution in [2.24, 2.45) is 7.05 Å². The second-order valence-electron chi connectivity index (χ2n) is 5.54. The number of hydrogen-bond donors (Lipinski definition) is 2. The number of anilines is 1. The van der Waals surface area contributed by atoms with Crippen molar-refractivity contribution in [2.75, 3.05) is 18.1 Å². The number of aliphatic hydroxyl groups excluding tert-OH is 1. The molecule has 2 N–H and O–H groups in total. The summed E-state index contributed by atoms with van der Waals surface area (Å²) in [6, 6.07) is 6.90. The third-order valence-corrected chi connectivity index (χ3v) is 3.87. The Labute approximate surface area is 133 Å². The Morgan fingerprint density at radius 2 is 2.22 bits per heavy atom. The normalized spacial score (nSPS) is 14.7. The van der Waals surface area contributed by atoms with E-state index in [4.69, 9.17) is 0 Å². The molecule has 3 rings (SSSR count). The summed E-state index contributed by atoms with van der Waals surface area (Å²) in [6.07, 6.45) is 3.64. The first kappa shape index (κ1) is 15.2. The molecular formula is C16H18N4O3. The van der Waals surface area contributed by atoms with Gasteiger partial charge in [-0.2, -0.15) is 5.10 Å². The fraction of sp³-hybridized carbons (Fsp3) is 0.312. The lowest BCUT2D eigenvalue weighted by atomic mass is 10.1. The van der Waals surface area contributed by atoms with Crippen LogP contribution in [0.3, 0.4) is 0 Å². The maximum Gasteiger partial charge on any atom is 0.240 e. The molecule has 0 aliphatic carbocycles. The van der Waals surface area contributed by atoms with E-state index in [9.17, 15) is 14.7 Å². The van der Waals surface area contributed by atoms with Crippen LogP contribution in [0.15, 0.2) is 36.7 Å². The van der Waals surface area contributed by atoms with Gasteiger partial charge in [-0.05, 0) is 11.6 Å². The summed E-state index contributed by atoms with van der Waals surface area (Å²) in [4.78, 5) is 25.8. The lowest BCUT2D eigenvalue weighted by molar-refractivity contribution is -0.123. The van der Waals surface area contributed by atoms with Crippen LogP contribution in [-0.4, -0.2) is 39.9 Å². The Morgan fingerprint density at radius 3 is 2.91 bits per heavy atom. The van der Waals surface area contributed by atoms with Gasteiger partial charge in [-0.15, -0.1) is 0 Å². The first-order valence-corrected chi connectivity index (χ1v) is 7.35. The number of carbonyl (C=O) groups excluding carboxylic acids is 2. The first-order chi connectivity index (χ1) is 11.1. The monoisotopic (exact) mass is 314 g/mol. The van der Waals surface area contributed by atoms with E-state index in [-0.39, 0.29) is 25.0 Å². The molecule has 0 spiro atoms. The van der Waals surface area contributed by atoms with E-state index in [0.29, 0.717) is 6.42 Å². The molecule has 1 aliphatic heterocycles. The number of benzene rings is 1. The van der Waals surface area contributed by atoms with Gasteiger partial charge in [-0.25, -0.2) is 0 Å². The average molecular weight is 314 g/mol. The van der Waals surface area contributed by atoms with Crippen LogP contribution < -0.4 is 10.2 Å². The predicted octanol–water partition coefficient (Wildman–Crippen LogP) is 0.159. The zero-order chi connectivity index (χ0) is 16.4. The van der Waals surface area contributed by atoms with Gasteiger partial charge in [0.1, 0.15) is 6.54 Å². The van der Waals surface area contributed by atoms with Gasteiger partial charge >= 0.3 is 0 Å². The van der Waals surface area contributed by atoms with E-state index in [1.807, 2.05) is 24.3 Å². The number of rotatable bonds is 5. The Bertz CT molecular complexity index is 740. The number of aromatic nitrogens is 2. The van der Waals surface area contributed by atoms with Gasteiger partial charge in [-0.3, -0.25) is 14.3 Å². The molecule has 0 fully saturated rings. The van der Waals surface area contributed by atoms with Crippen LogP contribution in [-0.2, 0) is 23.1 Å². The number of amides is 2. The molecule has 0 saturated heterocycles. The summed E-state index contributed by atoms with van der Waals surface area (Å²) in [6.45, 7) is -0.297. The zero-order valence-corrected chi connectivity index (χ0v) is 12.8. The van der Waals surface area contributed by atoms with E-state index in [2.05, 4.69) is 10.4 Å². The minimum Gasteiger partial charge on any atom is -0.394 e. The van der Waals surface area contributed by atoms with Crippen LogP contribution in [0.2, 0.25) is 0 Å². The van der Waals surface area contributed by atoms with Crippen LogP contribution in [0.4, 0.5) is 5.69 Å². The quantitative estimate of drug-likeness (QED) is 0.823. The lowest BCUT2D eigenvalue weighted by Gasteiger charge is -2.20. The predicted molar refractivity (Wildman–Crippen MR) is 83.7 cm³/mol. The van der Waals surface area contributed by atoms with Gasteiger partial charge in [-0.1, -0.05) is 18.2 Å². The molecule has 7 nitrogen and oxygen atoms in total. The number of fused-ring (bicyclic) bond motifs is 1. The van der Waals surface area contributed by atoms with Gasteiger partial charge in [0, 0.05) is 24.5 Å². The molecule has 1 aromatic heterocycles. The second-order valence-corrected chi connectivity index (χ2v) is 5.54. The Balaban J connectivity index is 1.68. The van der Waals surface area contributed by atoms with Crippen LogP contribution in [0.5, 0.6) is 0 Å². The highest BCUT2D eigenvalue weighted by Gasteiger charge is 2.29. The number of nitrogens with one attached hydrogen (secondary N) is 1. The van der Waals surface area contributed by atoms with E-state index in [0.717, 1.165) is 16.8 Å². The molecule has 0 bridgehead atoms. The molecule has 1 atom stereocenters.